The van der Waals surface area contributed by atoms with Gasteiger partial charge in [0.25, 0.3) is 0 Å². The third-order valence-corrected chi connectivity index (χ3v) is 4.76. The van der Waals surface area contributed by atoms with Crippen LogP contribution in [0.25, 0.3) is 16.8 Å². The maximum atomic E-state index is 11.3. The van der Waals surface area contributed by atoms with E-state index in [4.69, 9.17) is 0 Å². The van der Waals surface area contributed by atoms with Crippen molar-refractivity contribution in [1.82, 2.24) is 0 Å². The molecular weight excluding hydrogens is 280 g/mol. The molecule has 4 heteroatoms. The lowest BCUT2D eigenvalue weighted by Gasteiger charge is -2.32. The second kappa shape index (κ2) is 4.44. The Hall–Kier alpha value is -2.62. The Labute approximate surface area is 126 Å². The van der Waals surface area contributed by atoms with Crippen molar-refractivity contribution in [2.75, 3.05) is 0 Å². The number of hydrogen-bond donors (Lipinski definition) is 2. The Kier molecular flexibility index (Phi) is 2.64. The molecule has 2 atom stereocenters. The largest absolute Gasteiger partial charge is 0.481 e. The molecule has 0 fully saturated rings. The number of benzene rings is 2. The van der Waals surface area contributed by atoms with Gasteiger partial charge in [0.05, 0.1) is 11.5 Å². The Morgan fingerprint density at radius 1 is 1.14 bits per heavy atom. The maximum absolute atomic E-state index is 11.3. The first-order chi connectivity index (χ1) is 10.5. The fraction of sp³-hybridized carbons (Fsp3) is 0.222. The van der Waals surface area contributed by atoms with Gasteiger partial charge in [-0.2, -0.15) is 0 Å². The van der Waals surface area contributed by atoms with Gasteiger partial charge in [-0.1, -0.05) is 24.3 Å². The lowest BCUT2D eigenvalue weighted by Crippen LogP contribution is -2.25. The predicted molar refractivity (Wildman–Crippen MR) is 82.1 cm³/mol. The Morgan fingerprint density at radius 2 is 1.95 bits per heavy atom. The summed E-state index contributed by atoms with van der Waals surface area (Å²) in [6.45, 7) is 0. The minimum absolute atomic E-state index is 0.108. The Balaban J connectivity index is 1.98. The summed E-state index contributed by atoms with van der Waals surface area (Å²) in [5.41, 5.74) is 3.45. The van der Waals surface area contributed by atoms with E-state index in [9.17, 15) is 19.8 Å². The molecule has 2 aliphatic rings. The number of hydrogen-bond acceptors (Lipinski definition) is 2. The summed E-state index contributed by atoms with van der Waals surface area (Å²) in [7, 11) is 0. The van der Waals surface area contributed by atoms with Gasteiger partial charge in [0.1, 0.15) is 0 Å². The highest BCUT2D eigenvalue weighted by atomic mass is 16.4. The number of carbonyl (C=O) groups is 2. The number of rotatable bonds is 2. The summed E-state index contributed by atoms with van der Waals surface area (Å²) in [4.78, 5) is 22.6. The summed E-state index contributed by atoms with van der Waals surface area (Å²) >= 11 is 0. The van der Waals surface area contributed by atoms with Crippen LogP contribution in [0.15, 0.2) is 30.3 Å². The van der Waals surface area contributed by atoms with Crippen molar-refractivity contribution in [2.45, 2.75) is 18.8 Å². The molecule has 0 spiro atoms. The van der Waals surface area contributed by atoms with Gasteiger partial charge in [0.2, 0.25) is 0 Å². The number of aromatic carboxylic acids is 1. The second-order valence-electron chi connectivity index (χ2n) is 6.05. The molecule has 2 unspecified atom stereocenters. The van der Waals surface area contributed by atoms with Crippen LogP contribution in [0.3, 0.4) is 0 Å². The van der Waals surface area contributed by atoms with Gasteiger partial charge in [0.15, 0.2) is 0 Å². The summed E-state index contributed by atoms with van der Waals surface area (Å²) in [5.74, 6) is -1.92. The van der Waals surface area contributed by atoms with E-state index in [1.807, 2.05) is 24.3 Å². The average molecular weight is 294 g/mol. The molecule has 4 nitrogen and oxygen atoms in total. The number of allylic oxidation sites excluding steroid dienone is 1. The van der Waals surface area contributed by atoms with Crippen LogP contribution in [0.4, 0.5) is 0 Å². The number of carboxylic acids is 2. The quantitative estimate of drug-likeness (QED) is 0.891. The molecule has 4 rings (SSSR count). The van der Waals surface area contributed by atoms with Crippen LogP contribution >= 0.6 is 0 Å². The molecule has 2 aromatic rings. The zero-order valence-electron chi connectivity index (χ0n) is 11.7. The molecule has 110 valence electrons. The number of carboxylic acid groups (broad SMARTS) is 2. The van der Waals surface area contributed by atoms with Crippen LogP contribution < -0.4 is 0 Å². The van der Waals surface area contributed by atoms with E-state index in [0.717, 1.165) is 21.9 Å². The summed E-state index contributed by atoms with van der Waals surface area (Å²) in [5, 5.41) is 20.5. The minimum Gasteiger partial charge on any atom is -0.481 e. The fourth-order valence-electron chi connectivity index (χ4n) is 3.78. The smallest absolute Gasteiger partial charge is 0.335 e. The highest BCUT2D eigenvalue weighted by molar-refractivity contribution is 6.02. The van der Waals surface area contributed by atoms with Crippen LogP contribution in [-0.2, 0) is 11.2 Å². The summed E-state index contributed by atoms with van der Waals surface area (Å²) < 4.78 is 0. The third kappa shape index (κ3) is 1.77. The van der Waals surface area contributed by atoms with E-state index < -0.39 is 11.9 Å². The monoisotopic (exact) mass is 294 g/mol. The molecule has 0 saturated heterocycles. The van der Waals surface area contributed by atoms with Crippen molar-refractivity contribution in [3.05, 3.63) is 52.6 Å². The molecule has 0 aliphatic heterocycles. The van der Waals surface area contributed by atoms with Gasteiger partial charge in [-0.25, -0.2) is 4.79 Å². The molecule has 0 heterocycles. The summed E-state index contributed by atoms with van der Waals surface area (Å²) in [6, 6.07) is 7.25. The predicted octanol–water partition coefficient (Wildman–Crippen LogP) is 3.30. The molecule has 0 radical (unpaired) electrons. The topological polar surface area (TPSA) is 74.6 Å². The lowest BCUT2D eigenvalue weighted by atomic mass is 9.72. The van der Waals surface area contributed by atoms with Crippen LogP contribution in [0.1, 0.15) is 39.4 Å². The Morgan fingerprint density at radius 3 is 2.68 bits per heavy atom. The van der Waals surface area contributed by atoms with Crippen molar-refractivity contribution in [3.8, 4) is 0 Å². The van der Waals surface area contributed by atoms with E-state index >= 15 is 0 Å². The van der Waals surface area contributed by atoms with Gasteiger partial charge in [-0.15, -0.1) is 0 Å². The van der Waals surface area contributed by atoms with Crippen molar-refractivity contribution >= 4 is 28.8 Å². The van der Waals surface area contributed by atoms with Gasteiger partial charge < -0.3 is 10.2 Å². The number of aliphatic carboxylic acids is 1. The van der Waals surface area contributed by atoms with Gasteiger partial charge >= 0.3 is 11.9 Å². The fourth-order valence-corrected chi connectivity index (χ4v) is 3.78. The first-order valence-corrected chi connectivity index (χ1v) is 7.28. The van der Waals surface area contributed by atoms with Crippen LogP contribution in [0, 0.1) is 5.92 Å². The van der Waals surface area contributed by atoms with Gasteiger partial charge in [-0.3, -0.25) is 4.79 Å². The SMILES string of the molecule is O=C(O)c1cc2c3c4c(ccc3c1)CC(C(=O)O)CC4C=C2. The minimum atomic E-state index is -0.933. The normalized spacial score (nSPS) is 21.8. The second-order valence-corrected chi connectivity index (χ2v) is 6.05. The third-order valence-electron chi connectivity index (χ3n) is 4.76. The summed E-state index contributed by atoms with van der Waals surface area (Å²) in [6.07, 6.45) is 5.10. The first kappa shape index (κ1) is 13.1. The van der Waals surface area contributed by atoms with Crippen molar-refractivity contribution < 1.29 is 19.8 Å². The van der Waals surface area contributed by atoms with Gasteiger partial charge in [-0.05, 0) is 52.4 Å². The standard InChI is InChI=1S/C18H14O4/c19-17(20)13-5-9-1-2-10-6-14(18(21)22)8-12-4-3-11(7-13)15(9)16(10)12/h1-5,7,10,14H,6,8H2,(H,19,20)(H,21,22). The molecule has 22 heavy (non-hydrogen) atoms. The zero-order valence-corrected chi connectivity index (χ0v) is 11.7. The van der Waals surface area contributed by atoms with Crippen molar-refractivity contribution in [1.29, 1.82) is 0 Å². The molecule has 0 saturated carbocycles. The van der Waals surface area contributed by atoms with E-state index in [1.165, 1.54) is 5.56 Å². The van der Waals surface area contributed by atoms with Crippen molar-refractivity contribution in [2.24, 2.45) is 5.92 Å². The Bertz CT molecular complexity index is 863. The highest BCUT2D eigenvalue weighted by Gasteiger charge is 2.33. The lowest BCUT2D eigenvalue weighted by molar-refractivity contribution is -0.142. The van der Waals surface area contributed by atoms with E-state index in [-0.39, 0.29) is 17.4 Å². The average Bonchev–Trinajstić information content (AvgIpc) is 2.51. The maximum Gasteiger partial charge on any atom is 0.335 e. The van der Waals surface area contributed by atoms with E-state index in [2.05, 4.69) is 0 Å². The highest BCUT2D eigenvalue weighted by Crippen LogP contribution is 2.44. The first-order valence-electron chi connectivity index (χ1n) is 7.28. The van der Waals surface area contributed by atoms with Crippen molar-refractivity contribution in [3.63, 3.8) is 0 Å². The molecule has 2 N–H and O–H groups in total. The van der Waals surface area contributed by atoms with Crippen LogP contribution in [0.5, 0.6) is 0 Å². The zero-order chi connectivity index (χ0) is 15.4. The van der Waals surface area contributed by atoms with E-state index in [1.54, 1.807) is 12.1 Å². The van der Waals surface area contributed by atoms with Crippen LogP contribution in [-0.4, -0.2) is 22.2 Å². The van der Waals surface area contributed by atoms with Gasteiger partial charge in [0, 0.05) is 5.92 Å². The molecule has 0 aromatic heterocycles. The van der Waals surface area contributed by atoms with E-state index in [0.29, 0.717) is 12.8 Å². The molecule has 0 amide bonds. The molecule has 0 bridgehead atoms. The molecular formula is C18H14O4. The molecule has 2 aromatic carbocycles. The molecule has 2 aliphatic carbocycles. The van der Waals surface area contributed by atoms with Crippen LogP contribution in [0.2, 0.25) is 0 Å².